The highest BCUT2D eigenvalue weighted by Gasteiger charge is 2.28. The number of hydrogen-bond acceptors (Lipinski definition) is 8. The van der Waals surface area contributed by atoms with Crippen LogP contribution in [0.4, 0.5) is 33.6 Å². The van der Waals surface area contributed by atoms with Crippen molar-refractivity contribution in [1.29, 1.82) is 0 Å². The zero-order chi connectivity index (χ0) is 29.8. The number of benzene rings is 3. The molecule has 3 aromatic carbocycles. The van der Waals surface area contributed by atoms with Crippen LogP contribution in [0.3, 0.4) is 0 Å². The van der Waals surface area contributed by atoms with Crippen molar-refractivity contribution in [2.45, 2.75) is 13.8 Å². The Morgan fingerprint density at radius 1 is 0.952 bits per heavy atom. The quantitative estimate of drug-likeness (QED) is 0.261. The van der Waals surface area contributed by atoms with Crippen molar-refractivity contribution in [2.75, 3.05) is 62.6 Å². The van der Waals surface area contributed by atoms with Crippen molar-refractivity contribution in [3.8, 4) is 22.6 Å². The molecule has 10 nitrogen and oxygen atoms in total. The molecule has 0 saturated carbocycles. The highest BCUT2D eigenvalue weighted by atomic mass is 16.5. The Labute approximate surface area is 246 Å². The average Bonchev–Trinajstić information content (AvgIpc) is 2.99. The molecule has 0 aliphatic carbocycles. The third-order valence-corrected chi connectivity index (χ3v) is 7.54. The Morgan fingerprint density at radius 3 is 2.26 bits per heavy atom. The summed E-state index contributed by atoms with van der Waals surface area (Å²) in [5.41, 5.74) is 5.67. The number of anilines is 5. The number of ether oxygens (including phenoxy) is 2. The van der Waals surface area contributed by atoms with Gasteiger partial charge in [0.15, 0.2) is 5.82 Å². The predicted octanol–water partition coefficient (Wildman–Crippen LogP) is 6.09. The maximum Gasteiger partial charge on any atom is 0.417 e. The number of likely N-dealkylation sites (N-methyl/N-ethyl adjacent to an activating group) is 1. The van der Waals surface area contributed by atoms with Crippen LogP contribution in [0, 0.1) is 13.8 Å². The zero-order valence-corrected chi connectivity index (χ0v) is 24.6. The molecule has 5 rings (SSSR count). The van der Waals surface area contributed by atoms with E-state index in [9.17, 15) is 9.90 Å². The number of carbonyl (C=O) groups is 1. The van der Waals surface area contributed by atoms with E-state index in [0.717, 1.165) is 59.1 Å². The second-order valence-corrected chi connectivity index (χ2v) is 10.3. The van der Waals surface area contributed by atoms with Crippen LogP contribution in [0.5, 0.6) is 11.5 Å². The van der Waals surface area contributed by atoms with E-state index in [1.54, 1.807) is 31.5 Å². The Bertz CT molecular complexity index is 1550. The van der Waals surface area contributed by atoms with Gasteiger partial charge in [-0.2, -0.15) is 4.98 Å². The summed E-state index contributed by atoms with van der Waals surface area (Å²) in [7, 11) is 5.17. The molecule has 2 heterocycles. The summed E-state index contributed by atoms with van der Waals surface area (Å²) in [6.45, 7) is 7.99. The standard InChI is InChI=1S/C32H36N6O4/c1-21-7-6-8-22(2)29(21)26-20-33-31(34-23-9-11-24(12-10-23)37-17-15-36(3)16-18-37)35-30(26)38(32(39)40)27-14-13-25(41-4)19-28(27)42-5/h6-14,19-20H,15-18H2,1-5H3,(H,39,40)(H,33,34,35). The van der Waals surface area contributed by atoms with E-state index in [2.05, 4.69) is 39.3 Å². The Balaban J connectivity index is 1.57. The fourth-order valence-electron chi connectivity index (χ4n) is 5.25. The molecule has 1 aliphatic rings. The third kappa shape index (κ3) is 5.94. The van der Waals surface area contributed by atoms with E-state index in [-0.39, 0.29) is 11.8 Å². The monoisotopic (exact) mass is 568 g/mol. The molecule has 1 aromatic heterocycles. The number of rotatable bonds is 8. The second kappa shape index (κ2) is 12.4. The number of aryl methyl sites for hydroxylation is 2. The summed E-state index contributed by atoms with van der Waals surface area (Å²) in [6.07, 6.45) is 0.456. The first-order chi connectivity index (χ1) is 20.3. The molecule has 218 valence electrons. The lowest BCUT2D eigenvalue weighted by Crippen LogP contribution is -2.44. The highest BCUT2D eigenvalue weighted by molar-refractivity contribution is 6.00. The van der Waals surface area contributed by atoms with Gasteiger partial charge in [0.05, 0.1) is 19.9 Å². The summed E-state index contributed by atoms with van der Waals surface area (Å²) in [6, 6.07) is 19.0. The minimum Gasteiger partial charge on any atom is -0.497 e. The van der Waals surface area contributed by atoms with Crippen LogP contribution < -0.4 is 24.6 Å². The van der Waals surface area contributed by atoms with Crippen LogP contribution in [0.25, 0.3) is 11.1 Å². The molecular formula is C32H36N6O4. The molecule has 1 amide bonds. The fraction of sp³-hybridized carbons (Fsp3) is 0.281. The molecule has 1 saturated heterocycles. The van der Waals surface area contributed by atoms with Crippen molar-refractivity contribution in [1.82, 2.24) is 14.9 Å². The van der Waals surface area contributed by atoms with Gasteiger partial charge in [-0.15, -0.1) is 0 Å². The number of methoxy groups -OCH3 is 2. The first kappa shape index (κ1) is 28.7. The van der Waals surface area contributed by atoms with E-state index in [1.807, 2.05) is 44.2 Å². The van der Waals surface area contributed by atoms with Crippen LogP contribution in [0.1, 0.15) is 11.1 Å². The first-order valence-corrected chi connectivity index (χ1v) is 13.8. The van der Waals surface area contributed by atoms with Crippen molar-refractivity contribution in [3.05, 3.63) is 78.0 Å². The Kier molecular flexibility index (Phi) is 8.44. The van der Waals surface area contributed by atoms with Crippen LogP contribution >= 0.6 is 0 Å². The van der Waals surface area contributed by atoms with Crippen molar-refractivity contribution < 1.29 is 19.4 Å². The number of hydrogen-bond donors (Lipinski definition) is 2. The van der Waals surface area contributed by atoms with Gasteiger partial charge < -0.3 is 29.7 Å². The van der Waals surface area contributed by atoms with E-state index in [4.69, 9.17) is 14.5 Å². The number of piperazine rings is 1. The Morgan fingerprint density at radius 2 is 1.64 bits per heavy atom. The lowest BCUT2D eigenvalue weighted by molar-refractivity contribution is 0.204. The van der Waals surface area contributed by atoms with E-state index < -0.39 is 6.09 Å². The summed E-state index contributed by atoms with van der Waals surface area (Å²) in [4.78, 5) is 28.1. The summed E-state index contributed by atoms with van der Waals surface area (Å²) < 4.78 is 10.9. The minimum absolute atomic E-state index is 0.204. The number of nitrogens with one attached hydrogen (secondary N) is 1. The molecule has 0 unspecified atom stereocenters. The third-order valence-electron chi connectivity index (χ3n) is 7.54. The van der Waals surface area contributed by atoms with E-state index in [0.29, 0.717) is 22.7 Å². The molecular weight excluding hydrogens is 532 g/mol. The van der Waals surface area contributed by atoms with Gasteiger partial charge in [-0.1, -0.05) is 18.2 Å². The van der Waals surface area contributed by atoms with E-state index >= 15 is 0 Å². The van der Waals surface area contributed by atoms with Crippen LogP contribution in [0.15, 0.2) is 66.9 Å². The SMILES string of the molecule is COc1ccc(N(C(=O)O)c2nc(Nc3ccc(N4CCN(C)CC4)cc3)ncc2-c2c(C)cccc2C)c(OC)c1. The zero-order valence-electron chi connectivity index (χ0n) is 24.6. The molecule has 0 radical (unpaired) electrons. The smallest absolute Gasteiger partial charge is 0.417 e. The van der Waals surface area contributed by atoms with Gasteiger partial charge in [-0.3, -0.25) is 0 Å². The number of carboxylic acid groups (broad SMARTS) is 1. The molecule has 42 heavy (non-hydrogen) atoms. The fourth-order valence-corrected chi connectivity index (χ4v) is 5.25. The second-order valence-electron chi connectivity index (χ2n) is 10.3. The molecule has 1 aliphatic heterocycles. The molecule has 4 aromatic rings. The molecule has 1 fully saturated rings. The molecule has 0 bridgehead atoms. The number of nitrogens with zero attached hydrogens (tertiary/aromatic N) is 5. The van der Waals surface area contributed by atoms with Gasteiger partial charge in [-0.05, 0) is 74.0 Å². The first-order valence-electron chi connectivity index (χ1n) is 13.8. The van der Waals surface area contributed by atoms with Crippen LogP contribution in [-0.2, 0) is 0 Å². The lowest BCUT2D eigenvalue weighted by Gasteiger charge is -2.34. The van der Waals surface area contributed by atoms with Gasteiger partial charge in [0.25, 0.3) is 0 Å². The summed E-state index contributed by atoms with van der Waals surface area (Å²) in [5.74, 6) is 1.35. The lowest BCUT2D eigenvalue weighted by atomic mass is 9.97. The summed E-state index contributed by atoms with van der Waals surface area (Å²) in [5, 5.41) is 13.8. The minimum atomic E-state index is -1.22. The summed E-state index contributed by atoms with van der Waals surface area (Å²) >= 11 is 0. The van der Waals surface area contributed by atoms with E-state index in [1.165, 1.54) is 7.11 Å². The normalized spacial score (nSPS) is 13.5. The van der Waals surface area contributed by atoms with Crippen LogP contribution in [-0.4, -0.2) is 73.5 Å². The topological polar surface area (TPSA) is 103 Å². The average molecular weight is 569 g/mol. The predicted molar refractivity (Wildman–Crippen MR) is 166 cm³/mol. The maximum atomic E-state index is 12.9. The molecule has 0 spiro atoms. The molecule has 2 N–H and O–H groups in total. The van der Waals surface area contributed by atoms with Crippen molar-refractivity contribution in [3.63, 3.8) is 0 Å². The van der Waals surface area contributed by atoms with Gasteiger partial charge in [0.1, 0.15) is 11.5 Å². The largest absolute Gasteiger partial charge is 0.497 e. The van der Waals surface area contributed by atoms with Gasteiger partial charge >= 0.3 is 6.09 Å². The van der Waals surface area contributed by atoms with Gasteiger partial charge in [0, 0.05) is 55.4 Å². The number of amides is 1. The van der Waals surface area contributed by atoms with Crippen molar-refractivity contribution >= 4 is 34.9 Å². The maximum absolute atomic E-state index is 12.9. The molecule has 0 atom stereocenters. The number of aromatic nitrogens is 2. The van der Waals surface area contributed by atoms with Gasteiger partial charge in [0.2, 0.25) is 5.95 Å². The Hall–Kier alpha value is -4.83. The molecule has 10 heteroatoms. The van der Waals surface area contributed by atoms with Gasteiger partial charge in [-0.25, -0.2) is 14.7 Å². The van der Waals surface area contributed by atoms with Crippen molar-refractivity contribution in [2.24, 2.45) is 0 Å². The van der Waals surface area contributed by atoms with Crippen LogP contribution in [0.2, 0.25) is 0 Å². The highest BCUT2D eigenvalue weighted by Crippen LogP contribution is 2.41.